The molecule has 124 valence electrons. The molecule has 0 unspecified atom stereocenters. The Kier molecular flexibility index (Phi) is 6.10. The van der Waals surface area contributed by atoms with Crippen molar-refractivity contribution in [1.29, 1.82) is 0 Å². The zero-order valence-electron chi connectivity index (χ0n) is 12.8. The lowest BCUT2D eigenvalue weighted by atomic mass is 10.3. The number of nitrogens with zero attached hydrogens (tertiary/aromatic N) is 2. The highest BCUT2D eigenvalue weighted by Gasteiger charge is 2.21. The number of benzene rings is 1. The Hall–Kier alpha value is -2.41. The molecule has 1 aliphatic heterocycles. The van der Waals surface area contributed by atoms with Crippen molar-refractivity contribution in [3.63, 3.8) is 0 Å². The maximum Gasteiger partial charge on any atom is 0.414 e. The third kappa shape index (κ3) is 5.37. The molecule has 1 aromatic carbocycles. The summed E-state index contributed by atoms with van der Waals surface area (Å²) in [6.07, 6.45) is 1.45. The standard InChI is InChI=1S/C16H20FN3O3/c1-2-23-16(22)20-9-3-8-19(10-11-20)12-15(21)18-14-6-4-13(17)5-7-14/h2,4-7H,1,3,8-12H2,(H,18,21). The Balaban J connectivity index is 1.81. The van der Waals surface area contributed by atoms with E-state index in [4.69, 9.17) is 4.74 Å². The first-order chi connectivity index (χ1) is 11.1. The van der Waals surface area contributed by atoms with E-state index in [0.717, 1.165) is 12.7 Å². The van der Waals surface area contributed by atoms with Gasteiger partial charge in [0.1, 0.15) is 5.82 Å². The maximum atomic E-state index is 12.8. The van der Waals surface area contributed by atoms with Gasteiger partial charge in [-0.1, -0.05) is 6.58 Å². The molecule has 0 radical (unpaired) electrons. The number of amides is 2. The number of carbonyl (C=O) groups excluding carboxylic acids is 2. The second kappa shape index (κ2) is 8.28. The fourth-order valence-electron chi connectivity index (χ4n) is 2.39. The van der Waals surface area contributed by atoms with Crippen LogP contribution in [0.25, 0.3) is 0 Å². The van der Waals surface area contributed by atoms with Crippen LogP contribution in [-0.2, 0) is 9.53 Å². The average Bonchev–Trinajstić information content (AvgIpc) is 2.75. The Morgan fingerprint density at radius 1 is 1.22 bits per heavy atom. The van der Waals surface area contributed by atoms with Crippen LogP contribution in [0.5, 0.6) is 0 Å². The molecule has 0 saturated carbocycles. The third-order valence-corrected chi connectivity index (χ3v) is 3.53. The zero-order valence-corrected chi connectivity index (χ0v) is 12.8. The Morgan fingerprint density at radius 3 is 2.65 bits per heavy atom. The van der Waals surface area contributed by atoms with Gasteiger partial charge in [0.2, 0.25) is 5.91 Å². The number of halogens is 1. The molecule has 23 heavy (non-hydrogen) atoms. The summed E-state index contributed by atoms with van der Waals surface area (Å²) in [5.41, 5.74) is 0.558. The van der Waals surface area contributed by atoms with E-state index in [0.29, 0.717) is 31.9 Å². The summed E-state index contributed by atoms with van der Waals surface area (Å²) < 4.78 is 17.6. The quantitative estimate of drug-likeness (QED) is 0.862. The SMILES string of the molecule is C=COC(=O)N1CCCN(CC(=O)Nc2ccc(F)cc2)CC1. The number of ether oxygens (including phenoxy) is 1. The van der Waals surface area contributed by atoms with Gasteiger partial charge in [0.05, 0.1) is 12.8 Å². The van der Waals surface area contributed by atoms with Crippen molar-refractivity contribution in [2.24, 2.45) is 0 Å². The van der Waals surface area contributed by atoms with Crippen molar-refractivity contribution >= 4 is 17.7 Å². The largest absolute Gasteiger partial charge is 0.419 e. The van der Waals surface area contributed by atoms with E-state index in [1.165, 1.54) is 24.3 Å². The van der Waals surface area contributed by atoms with E-state index in [1.807, 2.05) is 4.90 Å². The molecule has 0 spiro atoms. The molecule has 0 aliphatic carbocycles. The van der Waals surface area contributed by atoms with Crippen LogP contribution in [0, 0.1) is 5.82 Å². The van der Waals surface area contributed by atoms with Gasteiger partial charge in [-0.25, -0.2) is 9.18 Å². The van der Waals surface area contributed by atoms with Crippen LogP contribution < -0.4 is 5.32 Å². The van der Waals surface area contributed by atoms with Crippen molar-refractivity contribution in [2.45, 2.75) is 6.42 Å². The van der Waals surface area contributed by atoms with Crippen molar-refractivity contribution in [3.05, 3.63) is 42.9 Å². The minimum Gasteiger partial charge on any atom is -0.419 e. The topological polar surface area (TPSA) is 61.9 Å². The molecule has 1 heterocycles. The number of anilines is 1. The molecule has 2 rings (SSSR count). The Bertz CT molecular complexity index is 562. The van der Waals surface area contributed by atoms with Gasteiger partial charge in [-0.05, 0) is 30.7 Å². The van der Waals surface area contributed by atoms with E-state index in [-0.39, 0.29) is 18.3 Å². The zero-order chi connectivity index (χ0) is 16.7. The first-order valence-corrected chi connectivity index (χ1v) is 7.42. The summed E-state index contributed by atoms with van der Waals surface area (Å²) in [5.74, 6) is -0.513. The first kappa shape index (κ1) is 17.0. The normalized spacial score (nSPS) is 15.6. The number of carbonyl (C=O) groups is 2. The molecular formula is C16H20FN3O3. The minimum atomic E-state index is -0.419. The van der Waals surface area contributed by atoms with Crippen LogP contribution in [0.15, 0.2) is 37.1 Å². The summed E-state index contributed by atoms with van der Waals surface area (Å²) in [6, 6.07) is 5.63. The van der Waals surface area contributed by atoms with E-state index in [2.05, 4.69) is 11.9 Å². The van der Waals surface area contributed by atoms with Gasteiger partial charge in [0.25, 0.3) is 0 Å². The van der Waals surface area contributed by atoms with Crippen LogP contribution in [0.1, 0.15) is 6.42 Å². The van der Waals surface area contributed by atoms with Crippen LogP contribution in [0.2, 0.25) is 0 Å². The molecule has 1 fully saturated rings. The van der Waals surface area contributed by atoms with Crippen LogP contribution >= 0.6 is 0 Å². The highest BCUT2D eigenvalue weighted by atomic mass is 19.1. The van der Waals surface area contributed by atoms with Gasteiger partial charge >= 0.3 is 6.09 Å². The molecule has 7 heteroatoms. The van der Waals surface area contributed by atoms with Gasteiger partial charge in [0, 0.05) is 31.9 Å². The molecule has 1 aliphatic rings. The van der Waals surface area contributed by atoms with Gasteiger partial charge in [0.15, 0.2) is 0 Å². The number of nitrogens with one attached hydrogen (secondary N) is 1. The predicted molar refractivity (Wildman–Crippen MR) is 84.3 cm³/mol. The van der Waals surface area contributed by atoms with E-state index < -0.39 is 6.09 Å². The maximum absolute atomic E-state index is 12.8. The highest BCUT2D eigenvalue weighted by molar-refractivity contribution is 5.92. The summed E-state index contributed by atoms with van der Waals surface area (Å²) in [4.78, 5) is 27.3. The Morgan fingerprint density at radius 2 is 1.96 bits per heavy atom. The fourth-order valence-corrected chi connectivity index (χ4v) is 2.39. The van der Waals surface area contributed by atoms with E-state index in [1.54, 1.807) is 4.90 Å². The number of hydrogen-bond acceptors (Lipinski definition) is 4. The van der Waals surface area contributed by atoms with Gasteiger partial charge in [-0.2, -0.15) is 0 Å². The number of rotatable bonds is 4. The summed E-state index contributed by atoms with van der Waals surface area (Å²) >= 11 is 0. The molecular weight excluding hydrogens is 301 g/mol. The second-order valence-electron chi connectivity index (χ2n) is 5.22. The molecule has 1 N–H and O–H groups in total. The third-order valence-electron chi connectivity index (χ3n) is 3.53. The smallest absolute Gasteiger partial charge is 0.414 e. The highest BCUT2D eigenvalue weighted by Crippen LogP contribution is 2.09. The fraction of sp³-hybridized carbons (Fsp3) is 0.375. The summed E-state index contributed by atoms with van der Waals surface area (Å²) in [6.45, 7) is 5.97. The van der Waals surface area contributed by atoms with Crippen molar-refractivity contribution < 1.29 is 18.7 Å². The lowest BCUT2D eigenvalue weighted by Crippen LogP contribution is -2.37. The van der Waals surface area contributed by atoms with Crippen LogP contribution in [0.4, 0.5) is 14.9 Å². The molecule has 1 aromatic rings. The second-order valence-corrected chi connectivity index (χ2v) is 5.22. The van der Waals surface area contributed by atoms with E-state index in [9.17, 15) is 14.0 Å². The summed E-state index contributed by atoms with van der Waals surface area (Å²) in [5, 5.41) is 2.73. The van der Waals surface area contributed by atoms with E-state index >= 15 is 0 Å². The van der Waals surface area contributed by atoms with Gasteiger partial charge in [-0.15, -0.1) is 0 Å². The van der Waals surface area contributed by atoms with Crippen molar-refractivity contribution in [2.75, 3.05) is 38.0 Å². The average molecular weight is 321 g/mol. The van der Waals surface area contributed by atoms with Gasteiger partial charge < -0.3 is 15.0 Å². The Labute approximate surface area is 134 Å². The molecule has 0 bridgehead atoms. The number of hydrogen-bond donors (Lipinski definition) is 1. The molecule has 6 nitrogen and oxygen atoms in total. The molecule has 2 amide bonds. The van der Waals surface area contributed by atoms with Crippen molar-refractivity contribution in [1.82, 2.24) is 9.80 Å². The lowest BCUT2D eigenvalue weighted by molar-refractivity contribution is -0.117. The van der Waals surface area contributed by atoms with Crippen LogP contribution in [-0.4, -0.2) is 54.5 Å². The van der Waals surface area contributed by atoms with Crippen LogP contribution in [0.3, 0.4) is 0 Å². The monoisotopic (exact) mass is 321 g/mol. The molecule has 0 atom stereocenters. The van der Waals surface area contributed by atoms with Crippen molar-refractivity contribution in [3.8, 4) is 0 Å². The lowest BCUT2D eigenvalue weighted by Gasteiger charge is -2.20. The van der Waals surface area contributed by atoms with Gasteiger partial charge in [-0.3, -0.25) is 9.69 Å². The minimum absolute atomic E-state index is 0.168. The summed E-state index contributed by atoms with van der Waals surface area (Å²) in [7, 11) is 0. The molecule has 1 saturated heterocycles. The molecule has 0 aromatic heterocycles. The predicted octanol–water partition coefficient (Wildman–Crippen LogP) is 2.05. The first-order valence-electron chi connectivity index (χ1n) is 7.42.